The van der Waals surface area contributed by atoms with Crippen molar-refractivity contribution in [1.82, 2.24) is 0 Å². The molecule has 2 fully saturated rings. The van der Waals surface area contributed by atoms with Gasteiger partial charge in [0.2, 0.25) is 0 Å². The zero-order chi connectivity index (χ0) is 8.55. The molecule has 0 spiro atoms. The summed E-state index contributed by atoms with van der Waals surface area (Å²) in [5.41, 5.74) is 0. The van der Waals surface area contributed by atoms with E-state index in [2.05, 4.69) is 6.92 Å². The Morgan fingerprint density at radius 1 is 1.42 bits per heavy atom. The summed E-state index contributed by atoms with van der Waals surface area (Å²) < 4.78 is 10.9. The normalized spacial score (nSPS) is 42.0. The van der Waals surface area contributed by atoms with Gasteiger partial charge < -0.3 is 9.47 Å². The van der Waals surface area contributed by atoms with Crippen LogP contribution >= 0.6 is 0 Å². The molecular weight excluding hydrogens is 152 g/mol. The van der Waals surface area contributed by atoms with E-state index >= 15 is 0 Å². The summed E-state index contributed by atoms with van der Waals surface area (Å²) in [7, 11) is 1.83. The first kappa shape index (κ1) is 8.52. The summed E-state index contributed by atoms with van der Waals surface area (Å²) in [4.78, 5) is 0. The Kier molecular flexibility index (Phi) is 2.37. The van der Waals surface area contributed by atoms with Crippen molar-refractivity contribution < 1.29 is 9.47 Å². The van der Waals surface area contributed by atoms with Gasteiger partial charge in [-0.1, -0.05) is 6.92 Å². The molecule has 0 N–H and O–H groups in total. The maximum absolute atomic E-state index is 5.49. The fourth-order valence-electron chi connectivity index (χ4n) is 2.47. The highest BCUT2D eigenvalue weighted by Crippen LogP contribution is 2.41. The Labute approximate surface area is 74.2 Å². The minimum atomic E-state index is 0.468. The van der Waals surface area contributed by atoms with Gasteiger partial charge in [-0.2, -0.15) is 0 Å². The van der Waals surface area contributed by atoms with Crippen molar-refractivity contribution in [2.75, 3.05) is 7.11 Å². The Hall–Kier alpha value is -0.0800. The fourth-order valence-corrected chi connectivity index (χ4v) is 2.47. The quantitative estimate of drug-likeness (QED) is 0.604. The molecule has 0 aromatic rings. The summed E-state index contributed by atoms with van der Waals surface area (Å²) in [6, 6.07) is 0. The highest BCUT2D eigenvalue weighted by atomic mass is 16.6. The van der Waals surface area contributed by atoms with Crippen LogP contribution in [0.25, 0.3) is 0 Å². The van der Waals surface area contributed by atoms with Crippen molar-refractivity contribution in [3.8, 4) is 0 Å². The van der Waals surface area contributed by atoms with Crippen LogP contribution in [0.5, 0.6) is 0 Å². The third-order valence-corrected chi connectivity index (χ3v) is 3.28. The average Bonchev–Trinajstić information content (AvgIpc) is 2.84. The topological polar surface area (TPSA) is 21.8 Å². The van der Waals surface area contributed by atoms with E-state index in [0.717, 1.165) is 12.3 Å². The minimum absolute atomic E-state index is 0.468. The van der Waals surface area contributed by atoms with Crippen LogP contribution in [0.3, 0.4) is 0 Å². The first-order chi connectivity index (χ1) is 5.85. The van der Waals surface area contributed by atoms with Gasteiger partial charge in [0.25, 0.3) is 0 Å². The molecule has 0 bridgehead atoms. The molecule has 2 aliphatic rings. The SMILES string of the molecule is CCC(OC)C1CCC2OC2C1. The smallest absolute Gasteiger partial charge is 0.0845 e. The lowest BCUT2D eigenvalue weighted by Crippen LogP contribution is -2.27. The monoisotopic (exact) mass is 170 g/mol. The Morgan fingerprint density at radius 2 is 2.25 bits per heavy atom. The lowest BCUT2D eigenvalue weighted by Gasteiger charge is -2.26. The van der Waals surface area contributed by atoms with E-state index < -0.39 is 0 Å². The fraction of sp³-hybridized carbons (Fsp3) is 1.00. The van der Waals surface area contributed by atoms with Gasteiger partial charge in [-0.05, 0) is 31.6 Å². The van der Waals surface area contributed by atoms with Crippen LogP contribution in [0.1, 0.15) is 32.6 Å². The van der Waals surface area contributed by atoms with E-state index in [4.69, 9.17) is 9.47 Å². The van der Waals surface area contributed by atoms with Crippen LogP contribution in [0.15, 0.2) is 0 Å². The van der Waals surface area contributed by atoms with Gasteiger partial charge in [-0.15, -0.1) is 0 Å². The van der Waals surface area contributed by atoms with Gasteiger partial charge in [0.15, 0.2) is 0 Å². The molecule has 0 radical (unpaired) electrons. The Bertz CT molecular complexity index is 154. The van der Waals surface area contributed by atoms with Crippen molar-refractivity contribution in [3.05, 3.63) is 0 Å². The predicted octanol–water partition coefficient (Wildman–Crippen LogP) is 1.98. The summed E-state index contributed by atoms with van der Waals surface area (Å²) >= 11 is 0. The largest absolute Gasteiger partial charge is 0.381 e. The molecule has 12 heavy (non-hydrogen) atoms. The van der Waals surface area contributed by atoms with Gasteiger partial charge >= 0.3 is 0 Å². The number of hydrogen-bond donors (Lipinski definition) is 0. The van der Waals surface area contributed by atoms with Gasteiger partial charge in [0, 0.05) is 7.11 Å². The number of ether oxygens (including phenoxy) is 2. The molecule has 4 unspecified atom stereocenters. The summed E-state index contributed by atoms with van der Waals surface area (Å²) in [5.74, 6) is 0.753. The maximum atomic E-state index is 5.49. The van der Waals surface area contributed by atoms with Gasteiger partial charge in [-0.25, -0.2) is 0 Å². The molecule has 0 aromatic heterocycles. The van der Waals surface area contributed by atoms with E-state index in [1.165, 1.54) is 19.3 Å². The number of fused-ring (bicyclic) bond motifs is 1. The third kappa shape index (κ3) is 1.50. The van der Waals surface area contributed by atoms with Gasteiger partial charge in [-0.3, -0.25) is 0 Å². The van der Waals surface area contributed by atoms with Gasteiger partial charge in [0.1, 0.15) is 0 Å². The molecule has 1 aliphatic heterocycles. The van der Waals surface area contributed by atoms with E-state index in [1.54, 1.807) is 0 Å². The second kappa shape index (κ2) is 3.35. The van der Waals surface area contributed by atoms with Crippen molar-refractivity contribution in [3.63, 3.8) is 0 Å². The molecule has 1 saturated heterocycles. The first-order valence-corrected chi connectivity index (χ1v) is 5.03. The van der Waals surface area contributed by atoms with Crippen LogP contribution < -0.4 is 0 Å². The minimum Gasteiger partial charge on any atom is -0.381 e. The summed E-state index contributed by atoms with van der Waals surface area (Å²) in [6.07, 6.45) is 6.61. The van der Waals surface area contributed by atoms with E-state index in [1.807, 2.05) is 7.11 Å². The number of rotatable bonds is 3. The molecule has 2 heteroatoms. The lowest BCUT2D eigenvalue weighted by molar-refractivity contribution is 0.0368. The number of methoxy groups -OCH3 is 1. The van der Waals surface area contributed by atoms with E-state index in [0.29, 0.717) is 18.3 Å². The number of epoxide rings is 1. The van der Waals surface area contributed by atoms with Crippen LogP contribution in [0.4, 0.5) is 0 Å². The highest BCUT2D eigenvalue weighted by molar-refractivity contribution is 4.93. The molecular formula is C10H18O2. The summed E-state index contributed by atoms with van der Waals surface area (Å²) in [6.45, 7) is 2.20. The van der Waals surface area contributed by atoms with Crippen molar-refractivity contribution in [2.24, 2.45) is 5.92 Å². The predicted molar refractivity (Wildman–Crippen MR) is 47.1 cm³/mol. The zero-order valence-corrected chi connectivity index (χ0v) is 7.95. The van der Waals surface area contributed by atoms with Crippen LogP contribution in [-0.2, 0) is 9.47 Å². The van der Waals surface area contributed by atoms with Crippen LogP contribution in [0, 0.1) is 5.92 Å². The second-order valence-corrected chi connectivity index (χ2v) is 3.97. The molecule has 2 rings (SSSR count). The average molecular weight is 170 g/mol. The van der Waals surface area contributed by atoms with Crippen molar-refractivity contribution >= 4 is 0 Å². The van der Waals surface area contributed by atoms with Crippen LogP contribution in [-0.4, -0.2) is 25.4 Å². The van der Waals surface area contributed by atoms with E-state index in [-0.39, 0.29) is 0 Å². The zero-order valence-electron chi connectivity index (χ0n) is 7.95. The Balaban J connectivity index is 1.85. The Morgan fingerprint density at radius 3 is 2.83 bits per heavy atom. The van der Waals surface area contributed by atoms with Crippen molar-refractivity contribution in [1.29, 1.82) is 0 Å². The standard InChI is InChI=1S/C10H18O2/c1-3-8(11-2)7-4-5-9-10(6-7)12-9/h7-10H,3-6H2,1-2H3. The van der Waals surface area contributed by atoms with Gasteiger partial charge in [0.05, 0.1) is 18.3 Å². The molecule has 1 aliphatic carbocycles. The molecule has 1 heterocycles. The number of hydrogen-bond acceptors (Lipinski definition) is 2. The van der Waals surface area contributed by atoms with Crippen LogP contribution in [0.2, 0.25) is 0 Å². The maximum Gasteiger partial charge on any atom is 0.0845 e. The lowest BCUT2D eigenvalue weighted by atomic mass is 9.84. The molecule has 0 amide bonds. The van der Waals surface area contributed by atoms with E-state index in [9.17, 15) is 0 Å². The molecule has 0 aromatic carbocycles. The molecule has 4 atom stereocenters. The first-order valence-electron chi connectivity index (χ1n) is 5.03. The summed E-state index contributed by atoms with van der Waals surface area (Å²) in [5, 5.41) is 0. The third-order valence-electron chi connectivity index (χ3n) is 3.28. The highest BCUT2D eigenvalue weighted by Gasteiger charge is 2.45. The molecule has 70 valence electrons. The second-order valence-electron chi connectivity index (χ2n) is 3.97. The molecule has 2 nitrogen and oxygen atoms in total. The van der Waals surface area contributed by atoms with Crippen molar-refractivity contribution in [2.45, 2.75) is 50.9 Å². The molecule has 1 saturated carbocycles.